The molecule has 0 aromatic rings. The van der Waals surface area contributed by atoms with Gasteiger partial charge in [-0.05, 0) is 0 Å². The Balaban J connectivity index is 4.34. The second kappa shape index (κ2) is 3.44. The van der Waals surface area contributed by atoms with Crippen molar-refractivity contribution in [1.29, 1.82) is 0 Å². The standard InChI is InChI=1S/C4H3ClO4S/c1-9-4(6)2-3-10(5,7)8/h1H3. The molecule has 0 rings (SSSR count). The summed E-state index contributed by atoms with van der Waals surface area (Å²) in [5, 5.41) is 1.49. The fourth-order valence-corrected chi connectivity index (χ4v) is 0.475. The maximum atomic E-state index is 10.1. The highest BCUT2D eigenvalue weighted by Crippen LogP contribution is 1.90. The van der Waals surface area contributed by atoms with Gasteiger partial charge in [-0.1, -0.05) is 0 Å². The third-order valence-electron chi connectivity index (χ3n) is 0.460. The number of hydrogen-bond acceptors (Lipinski definition) is 4. The first-order chi connectivity index (χ1) is 4.45. The predicted molar refractivity (Wildman–Crippen MR) is 34.6 cm³/mol. The summed E-state index contributed by atoms with van der Waals surface area (Å²) in [4.78, 5) is 10.1. The van der Waals surface area contributed by atoms with Gasteiger partial charge < -0.3 is 4.74 Å². The molecule has 0 fully saturated rings. The van der Waals surface area contributed by atoms with Crippen molar-refractivity contribution in [2.45, 2.75) is 0 Å². The van der Waals surface area contributed by atoms with Crippen LogP contribution in [0.1, 0.15) is 0 Å². The minimum Gasteiger partial charge on any atom is -0.459 e. The van der Waals surface area contributed by atoms with Crippen LogP contribution < -0.4 is 0 Å². The lowest BCUT2D eigenvalue weighted by Gasteiger charge is -1.82. The topological polar surface area (TPSA) is 60.4 Å². The van der Waals surface area contributed by atoms with E-state index in [0.29, 0.717) is 0 Å². The molecule has 0 unspecified atom stereocenters. The van der Waals surface area contributed by atoms with Crippen LogP contribution in [0.2, 0.25) is 0 Å². The number of rotatable bonds is 0. The number of halogens is 1. The summed E-state index contributed by atoms with van der Waals surface area (Å²) >= 11 is 0. The van der Waals surface area contributed by atoms with Crippen LogP contribution in [-0.4, -0.2) is 21.5 Å². The highest BCUT2D eigenvalue weighted by molar-refractivity contribution is 8.17. The lowest BCUT2D eigenvalue weighted by molar-refractivity contribution is -0.133. The van der Waals surface area contributed by atoms with Gasteiger partial charge in [0, 0.05) is 16.6 Å². The normalized spacial score (nSPS) is 9.40. The number of ether oxygens (including phenoxy) is 1. The van der Waals surface area contributed by atoms with Crippen molar-refractivity contribution in [3.8, 4) is 11.2 Å². The van der Waals surface area contributed by atoms with Gasteiger partial charge in [0.1, 0.15) is 0 Å². The molecule has 0 radical (unpaired) electrons. The SMILES string of the molecule is COC(=O)C#CS(=O)(=O)Cl. The van der Waals surface area contributed by atoms with Crippen LogP contribution in [0.4, 0.5) is 0 Å². The Hall–Kier alpha value is -0.730. The van der Waals surface area contributed by atoms with E-state index >= 15 is 0 Å². The van der Waals surface area contributed by atoms with Crippen LogP contribution in [0.5, 0.6) is 0 Å². The molecule has 0 aliphatic rings. The predicted octanol–water partition coefficient (Wildman–Crippen LogP) is -0.311. The quantitative estimate of drug-likeness (QED) is 0.293. The van der Waals surface area contributed by atoms with E-state index < -0.39 is 15.0 Å². The molecule has 0 saturated heterocycles. The summed E-state index contributed by atoms with van der Waals surface area (Å²) in [5.41, 5.74) is 0. The van der Waals surface area contributed by atoms with Crippen molar-refractivity contribution in [2.75, 3.05) is 7.11 Å². The molecule has 0 N–H and O–H groups in total. The van der Waals surface area contributed by atoms with Crippen molar-refractivity contribution in [3.05, 3.63) is 0 Å². The van der Waals surface area contributed by atoms with Crippen molar-refractivity contribution in [1.82, 2.24) is 0 Å². The molecule has 0 atom stereocenters. The summed E-state index contributed by atoms with van der Waals surface area (Å²) in [6.07, 6.45) is 0. The Labute approximate surface area is 62.5 Å². The fraction of sp³-hybridized carbons (Fsp3) is 0.250. The average molecular weight is 183 g/mol. The Kier molecular flexibility index (Phi) is 3.19. The van der Waals surface area contributed by atoms with E-state index in [9.17, 15) is 13.2 Å². The molecule has 0 amide bonds. The zero-order chi connectivity index (χ0) is 8.20. The zero-order valence-electron chi connectivity index (χ0n) is 4.92. The largest absolute Gasteiger partial charge is 0.459 e. The summed E-state index contributed by atoms with van der Waals surface area (Å²) in [5.74, 6) is 0.701. The molecule has 0 aliphatic carbocycles. The van der Waals surface area contributed by atoms with Crippen molar-refractivity contribution >= 4 is 25.7 Å². The molecular formula is C4H3ClO4S. The van der Waals surface area contributed by atoms with Crippen LogP contribution >= 0.6 is 10.7 Å². The molecule has 10 heavy (non-hydrogen) atoms. The van der Waals surface area contributed by atoms with Crippen LogP contribution in [0.3, 0.4) is 0 Å². The molecule has 0 spiro atoms. The summed E-state index contributed by atoms with van der Waals surface area (Å²) in [6, 6.07) is 0. The first kappa shape index (κ1) is 9.27. The Morgan fingerprint density at radius 3 is 2.40 bits per heavy atom. The molecular weight excluding hydrogens is 180 g/mol. The minimum absolute atomic E-state index is 0.941. The van der Waals surface area contributed by atoms with Gasteiger partial charge >= 0.3 is 15.0 Å². The van der Waals surface area contributed by atoms with Gasteiger partial charge in [-0.2, -0.15) is 8.42 Å². The van der Waals surface area contributed by atoms with Crippen molar-refractivity contribution in [2.24, 2.45) is 0 Å². The lowest BCUT2D eigenvalue weighted by atomic mass is 10.7. The maximum Gasteiger partial charge on any atom is 0.385 e. The molecule has 6 heteroatoms. The monoisotopic (exact) mass is 182 g/mol. The van der Waals surface area contributed by atoms with E-state index in [-0.39, 0.29) is 0 Å². The third kappa shape index (κ3) is 5.41. The summed E-state index contributed by atoms with van der Waals surface area (Å²) < 4.78 is 24.1. The van der Waals surface area contributed by atoms with Crippen LogP contribution in [0, 0.1) is 11.2 Å². The Morgan fingerprint density at radius 1 is 1.60 bits per heavy atom. The first-order valence-corrected chi connectivity index (χ1v) is 4.32. The number of esters is 1. The molecule has 4 nitrogen and oxygen atoms in total. The van der Waals surface area contributed by atoms with Gasteiger partial charge in [-0.25, -0.2) is 4.79 Å². The van der Waals surface area contributed by atoms with Crippen LogP contribution in [0.15, 0.2) is 0 Å². The Morgan fingerprint density at radius 2 is 2.10 bits per heavy atom. The van der Waals surface area contributed by atoms with Crippen LogP contribution in [0.25, 0.3) is 0 Å². The van der Waals surface area contributed by atoms with Crippen LogP contribution in [-0.2, 0) is 18.6 Å². The van der Waals surface area contributed by atoms with Gasteiger partial charge in [0.15, 0.2) is 0 Å². The van der Waals surface area contributed by atoms with E-state index in [0.717, 1.165) is 7.11 Å². The minimum atomic E-state index is -3.92. The van der Waals surface area contributed by atoms with Gasteiger partial charge in [0.05, 0.1) is 12.4 Å². The number of carbonyl (C=O) groups excluding carboxylic acids is 1. The molecule has 0 aromatic heterocycles. The third-order valence-corrected chi connectivity index (χ3v) is 1.04. The summed E-state index contributed by atoms with van der Waals surface area (Å²) in [6.45, 7) is 0. The second-order valence-corrected chi connectivity index (χ2v) is 3.46. The second-order valence-electron chi connectivity index (χ2n) is 1.16. The van der Waals surface area contributed by atoms with Gasteiger partial charge in [0.25, 0.3) is 0 Å². The first-order valence-electron chi connectivity index (χ1n) is 2.01. The zero-order valence-corrected chi connectivity index (χ0v) is 6.49. The lowest BCUT2D eigenvalue weighted by Crippen LogP contribution is -1.95. The maximum absolute atomic E-state index is 10.1. The average Bonchev–Trinajstić information content (AvgIpc) is 1.81. The number of carbonyl (C=O) groups is 1. The van der Waals surface area contributed by atoms with Gasteiger partial charge in [0.2, 0.25) is 0 Å². The molecule has 0 saturated carbocycles. The van der Waals surface area contributed by atoms with E-state index in [4.69, 9.17) is 0 Å². The highest BCUT2D eigenvalue weighted by atomic mass is 35.7. The molecule has 0 aliphatic heterocycles. The van der Waals surface area contributed by atoms with Gasteiger partial charge in [-0.15, -0.1) is 0 Å². The van der Waals surface area contributed by atoms with E-state index in [2.05, 4.69) is 15.4 Å². The fourth-order valence-electron chi connectivity index (χ4n) is 0.154. The molecule has 0 heterocycles. The number of hydrogen-bond donors (Lipinski definition) is 0. The van der Waals surface area contributed by atoms with E-state index in [1.807, 2.05) is 0 Å². The summed E-state index contributed by atoms with van der Waals surface area (Å²) in [7, 11) is 1.79. The van der Waals surface area contributed by atoms with E-state index in [1.54, 1.807) is 5.92 Å². The molecule has 0 aromatic carbocycles. The molecule has 0 bridgehead atoms. The van der Waals surface area contributed by atoms with Gasteiger partial charge in [-0.3, -0.25) is 0 Å². The van der Waals surface area contributed by atoms with Crippen molar-refractivity contribution in [3.63, 3.8) is 0 Å². The van der Waals surface area contributed by atoms with E-state index in [1.165, 1.54) is 5.25 Å². The smallest absolute Gasteiger partial charge is 0.385 e. The number of methoxy groups -OCH3 is 1. The Bertz CT molecular complexity index is 280. The van der Waals surface area contributed by atoms with Crippen molar-refractivity contribution < 1.29 is 17.9 Å². The molecule has 56 valence electrons. The highest BCUT2D eigenvalue weighted by Gasteiger charge is 1.97.